The van der Waals surface area contributed by atoms with Crippen molar-refractivity contribution in [2.45, 2.75) is 31.7 Å². The molecule has 0 bridgehead atoms. The van der Waals surface area contributed by atoms with E-state index in [-0.39, 0.29) is 36.8 Å². The average Bonchev–Trinajstić information content (AvgIpc) is 3.23. The number of hydrogen-bond donors (Lipinski definition) is 2. The van der Waals surface area contributed by atoms with Crippen molar-refractivity contribution in [2.75, 3.05) is 31.1 Å². The van der Waals surface area contributed by atoms with Crippen LogP contribution in [0.4, 0.5) is 5.82 Å². The van der Waals surface area contributed by atoms with Crippen LogP contribution >= 0.6 is 24.8 Å². The quantitative estimate of drug-likeness (QED) is 0.752. The number of benzene rings is 1. The van der Waals surface area contributed by atoms with E-state index in [0.29, 0.717) is 0 Å². The summed E-state index contributed by atoms with van der Waals surface area (Å²) in [5, 5.41) is 14.7. The lowest BCUT2D eigenvalue weighted by Gasteiger charge is -2.32. The highest BCUT2D eigenvalue weighted by Gasteiger charge is 2.22. The van der Waals surface area contributed by atoms with Gasteiger partial charge in [0.15, 0.2) is 5.82 Å². The summed E-state index contributed by atoms with van der Waals surface area (Å²) >= 11 is 0. The molecule has 0 aliphatic carbocycles. The summed E-state index contributed by atoms with van der Waals surface area (Å²) in [5.41, 5.74) is 2.07. The number of nitrogens with one attached hydrogen (secondary N) is 2. The third-order valence-corrected chi connectivity index (χ3v) is 5.62. The van der Waals surface area contributed by atoms with E-state index in [4.69, 9.17) is 0 Å². The number of anilines is 1. The zero-order chi connectivity index (χ0) is 18.5. The molecule has 2 aliphatic rings. The lowest BCUT2D eigenvalue weighted by molar-refractivity contribution is 0.0931. The van der Waals surface area contributed by atoms with Gasteiger partial charge in [0.25, 0.3) is 5.91 Å². The molecular formula is C21H29Cl2N5O. The highest BCUT2D eigenvalue weighted by atomic mass is 35.5. The van der Waals surface area contributed by atoms with Gasteiger partial charge in [-0.3, -0.25) is 4.79 Å². The fraction of sp³-hybridized carbons (Fsp3) is 0.476. The first kappa shape index (κ1) is 23.4. The predicted molar refractivity (Wildman–Crippen MR) is 120 cm³/mol. The highest BCUT2D eigenvalue weighted by molar-refractivity contribution is 5.94. The van der Waals surface area contributed by atoms with Gasteiger partial charge in [0.1, 0.15) is 0 Å². The summed E-state index contributed by atoms with van der Waals surface area (Å²) in [5.74, 6) is 1.67. The Morgan fingerprint density at radius 2 is 1.86 bits per heavy atom. The molecule has 2 fully saturated rings. The second-order valence-electron chi connectivity index (χ2n) is 7.58. The van der Waals surface area contributed by atoms with Crippen LogP contribution in [0.3, 0.4) is 0 Å². The minimum absolute atomic E-state index is 0. The van der Waals surface area contributed by atoms with Crippen LogP contribution in [0.2, 0.25) is 0 Å². The van der Waals surface area contributed by atoms with E-state index in [9.17, 15) is 4.79 Å². The van der Waals surface area contributed by atoms with Gasteiger partial charge < -0.3 is 15.5 Å². The van der Waals surface area contributed by atoms with E-state index < -0.39 is 0 Å². The number of amides is 1. The third kappa shape index (κ3) is 6.29. The van der Waals surface area contributed by atoms with Crippen molar-refractivity contribution < 1.29 is 4.79 Å². The summed E-state index contributed by atoms with van der Waals surface area (Å²) in [4.78, 5) is 14.8. The molecule has 4 rings (SSSR count). The first-order chi connectivity index (χ1) is 13.3. The minimum atomic E-state index is 0. The van der Waals surface area contributed by atoms with Crippen molar-refractivity contribution in [1.29, 1.82) is 0 Å². The van der Waals surface area contributed by atoms with Gasteiger partial charge in [0.2, 0.25) is 0 Å². The van der Waals surface area contributed by atoms with Crippen molar-refractivity contribution in [1.82, 2.24) is 20.8 Å². The third-order valence-electron chi connectivity index (χ3n) is 5.62. The van der Waals surface area contributed by atoms with Gasteiger partial charge in [-0.05, 0) is 74.5 Å². The molecule has 8 heteroatoms. The topological polar surface area (TPSA) is 70.2 Å². The maximum Gasteiger partial charge on any atom is 0.251 e. The van der Waals surface area contributed by atoms with Crippen LogP contribution in [0.15, 0.2) is 42.6 Å². The molecule has 2 aliphatic heterocycles. The molecule has 1 aromatic heterocycles. The minimum Gasteiger partial charge on any atom is -0.355 e. The standard InChI is InChI=1S/C21H27N5O.2ClH/c27-21(18-5-3-16(4-6-18)14-17-7-11-22-15-17)24-19-8-12-26(13-9-19)20-2-1-10-23-25-20;;/h1-6,10,17,19,22H,7-9,11-15H2,(H,24,27);2*1H. The number of rotatable bonds is 5. The second kappa shape index (κ2) is 11.3. The van der Waals surface area contributed by atoms with E-state index in [1.54, 1.807) is 6.20 Å². The van der Waals surface area contributed by atoms with Crippen LogP contribution in [-0.4, -0.2) is 48.3 Å². The lowest BCUT2D eigenvalue weighted by Crippen LogP contribution is -2.45. The molecule has 0 saturated carbocycles. The molecule has 2 saturated heterocycles. The average molecular weight is 438 g/mol. The molecule has 0 radical (unpaired) electrons. The highest BCUT2D eigenvalue weighted by Crippen LogP contribution is 2.18. The van der Waals surface area contributed by atoms with E-state index >= 15 is 0 Å². The maximum absolute atomic E-state index is 12.6. The van der Waals surface area contributed by atoms with E-state index in [1.807, 2.05) is 24.3 Å². The fourth-order valence-electron chi connectivity index (χ4n) is 4.00. The monoisotopic (exact) mass is 437 g/mol. The molecule has 2 aromatic rings. The Balaban J connectivity index is 0.00000150. The van der Waals surface area contributed by atoms with Crippen LogP contribution < -0.4 is 15.5 Å². The van der Waals surface area contributed by atoms with E-state index in [2.05, 4.69) is 37.9 Å². The Bertz CT molecular complexity index is 745. The summed E-state index contributed by atoms with van der Waals surface area (Å²) in [6.45, 7) is 4.01. The van der Waals surface area contributed by atoms with Gasteiger partial charge in [-0.25, -0.2) is 0 Å². The number of aromatic nitrogens is 2. The molecule has 2 N–H and O–H groups in total. The van der Waals surface area contributed by atoms with Gasteiger partial charge in [-0.15, -0.1) is 29.9 Å². The van der Waals surface area contributed by atoms with Crippen molar-refractivity contribution >= 4 is 36.5 Å². The van der Waals surface area contributed by atoms with Crippen LogP contribution in [0.25, 0.3) is 0 Å². The Hall–Kier alpha value is -1.89. The van der Waals surface area contributed by atoms with Gasteiger partial charge in [0.05, 0.1) is 0 Å². The molecule has 1 aromatic carbocycles. The summed E-state index contributed by atoms with van der Waals surface area (Å²) < 4.78 is 0. The van der Waals surface area contributed by atoms with Gasteiger partial charge in [-0.2, -0.15) is 5.10 Å². The molecule has 6 nitrogen and oxygen atoms in total. The predicted octanol–water partition coefficient (Wildman–Crippen LogP) is 2.87. The summed E-state index contributed by atoms with van der Waals surface area (Å²) in [7, 11) is 0. The largest absolute Gasteiger partial charge is 0.355 e. The maximum atomic E-state index is 12.6. The zero-order valence-electron chi connectivity index (χ0n) is 16.4. The molecule has 1 atom stereocenters. The number of piperidine rings is 1. The van der Waals surface area contributed by atoms with E-state index in [1.165, 1.54) is 12.0 Å². The van der Waals surface area contributed by atoms with Crippen LogP contribution in [0.5, 0.6) is 0 Å². The first-order valence-electron chi connectivity index (χ1n) is 9.91. The van der Waals surface area contributed by atoms with E-state index in [0.717, 1.165) is 62.7 Å². The number of nitrogens with zero attached hydrogens (tertiary/aromatic N) is 3. The molecule has 29 heavy (non-hydrogen) atoms. The molecule has 1 amide bonds. The number of hydrogen-bond acceptors (Lipinski definition) is 5. The Morgan fingerprint density at radius 1 is 1.10 bits per heavy atom. The normalized spacial score (nSPS) is 19.2. The summed E-state index contributed by atoms with van der Waals surface area (Å²) in [6, 6.07) is 12.2. The van der Waals surface area contributed by atoms with Gasteiger partial charge in [-0.1, -0.05) is 12.1 Å². The smallest absolute Gasteiger partial charge is 0.251 e. The van der Waals surface area contributed by atoms with Crippen molar-refractivity contribution in [3.8, 4) is 0 Å². The Labute approximate surface area is 184 Å². The molecule has 1 unspecified atom stereocenters. The molecule has 158 valence electrons. The van der Waals surface area contributed by atoms with Crippen molar-refractivity contribution in [2.24, 2.45) is 5.92 Å². The lowest BCUT2D eigenvalue weighted by atomic mass is 9.97. The van der Waals surface area contributed by atoms with Gasteiger partial charge in [0, 0.05) is 30.9 Å². The first-order valence-corrected chi connectivity index (χ1v) is 9.91. The number of carbonyl (C=O) groups excluding carboxylic acids is 1. The Morgan fingerprint density at radius 3 is 2.48 bits per heavy atom. The fourth-order valence-corrected chi connectivity index (χ4v) is 4.00. The number of halogens is 2. The number of carbonyl (C=O) groups is 1. The molecule has 3 heterocycles. The molecule has 0 spiro atoms. The van der Waals surface area contributed by atoms with Crippen LogP contribution in [0, 0.1) is 5.92 Å². The SMILES string of the molecule is Cl.Cl.O=C(NC1CCN(c2cccnn2)CC1)c1ccc(CC2CCNC2)cc1. The van der Waals surface area contributed by atoms with Crippen molar-refractivity contribution in [3.63, 3.8) is 0 Å². The second-order valence-corrected chi connectivity index (χ2v) is 7.58. The zero-order valence-corrected chi connectivity index (χ0v) is 18.1. The Kier molecular flexibility index (Phi) is 9.14. The van der Waals surface area contributed by atoms with Crippen LogP contribution in [0.1, 0.15) is 35.2 Å². The molecular weight excluding hydrogens is 409 g/mol. The van der Waals surface area contributed by atoms with Gasteiger partial charge >= 0.3 is 0 Å². The van der Waals surface area contributed by atoms with Crippen LogP contribution in [-0.2, 0) is 6.42 Å². The van der Waals surface area contributed by atoms with Crippen molar-refractivity contribution in [3.05, 3.63) is 53.7 Å². The summed E-state index contributed by atoms with van der Waals surface area (Å²) in [6.07, 6.45) is 5.88.